The van der Waals surface area contributed by atoms with Gasteiger partial charge >= 0.3 is 0 Å². The Morgan fingerprint density at radius 1 is 1.32 bits per heavy atom. The highest BCUT2D eigenvalue weighted by Gasteiger charge is 2.16. The summed E-state index contributed by atoms with van der Waals surface area (Å²) in [6.07, 6.45) is 2.64. The third-order valence-corrected chi connectivity index (χ3v) is 4.15. The van der Waals surface area contributed by atoms with E-state index in [2.05, 4.69) is 51.7 Å². The summed E-state index contributed by atoms with van der Waals surface area (Å²) in [7, 11) is 0. The van der Waals surface area contributed by atoms with Crippen LogP contribution in [0.3, 0.4) is 0 Å². The summed E-state index contributed by atoms with van der Waals surface area (Å²) < 4.78 is 0.766. The maximum Gasteiger partial charge on any atom is 0.180 e. The van der Waals surface area contributed by atoms with E-state index < -0.39 is 0 Å². The lowest BCUT2D eigenvalue weighted by molar-refractivity contribution is 0.807. The number of pyridine rings is 1. The van der Waals surface area contributed by atoms with Crippen molar-refractivity contribution < 1.29 is 0 Å². The molecule has 0 atom stereocenters. The summed E-state index contributed by atoms with van der Waals surface area (Å²) in [5, 5.41) is 0.432. The van der Waals surface area contributed by atoms with E-state index in [1.807, 2.05) is 12.1 Å². The molecule has 2 aromatic heterocycles. The Morgan fingerprint density at radius 2 is 2.05 bits per heavy atom. The van der Waals surface area contributed by atoms with Crippen LogP contribution in [0, 0.1) is 0 Å². The van der Waals surface area contributed by atoms with Crippen LogP contribution >= 0.6 is 27.5 Å². The molecule has 0 unspecified atom stereocenters. The standard InChI is InChI=1S/C14H15BrClN3/c1-4-9-6-5-7-17-12(9)14-18-11(8(2)3)10(15)13(16)19-14/h5-8H,4H2,1-3H3. The van der Waals surface area contributed by atoms with Crippen LogP contribution in [0.4, 0.5) is 0 Å². The fraction of sp³-hybridized carbons (Fsp3) is 0.357. The molecule has 0 aliphatic heterocycles. The van der Waals surface area contributed by atoms with Crippen molar-refractivity contribution in [1.82, 2.24) is 15.0 Å². The molecule has 0 bridgehead atoms. The van der Waals surface area contributed by atoms with Gasteiger partial charge in [-0.15, -0.1) is 0 Å². The lowest BCUT2D eigenvalue weighted by atomic mass is 10.1. The number of rotatable bonds is 3. The maximum atomic E-state index is 6.18. The van der Waals surface area contributed by atoms with E-state index in [1.165, 1.54) is 0 Å². The lowest BCUT2D eigenvalue weighted by Crippen LogP contribution is -2.03. The van der Waals surface area contributed by atoms with Gasteiger partial charge in [-0.25, -0.2) is 9.97 Å². The van der Waals surface area contributed by atoms with Gasteiger partial charge in [0, 0.05) is 6.20 Å². The summed E-state index contributed by atoms with van der Waals surface area (Å²) in [5.74, 6) is 0.858. The van der Waals surface area contributed by atoms with E-state index in [-0.39, 0.29) is 5.92 Å². The highest BCUT2D eigenvalue weighted by atomic mass is 79.9. The number of aromatic nitrogens is 3. The van der Waals surface area contributed by atoms with Gasteiger partial charge in [0.15, 0.2) is 5.82 Å². The predicted molar refractivity (Wildman–Crippen MR) is 81.4 cm³/mol. The van der Waals surface area contributed by atoms with Gasteiger partial charge in [0.05, 0.1) is 10.2 Å². The molecule has 0 amide bonds. The largest absolute Gasteiger partial charge is 0.253 e. The second-order valence-electron chi connectivity index (χ2n) is 4.56. The molecule has 2 rings (SSSR count). The lowest BCUT2D eigenvalue weighted by Gasteiger charge is -2.12. The van der Waals surface area contributed by atoms with Crippen LogP contribution in [0.2, 0.25) is 5.15 Å². The van der Waals surface area contributed by atoms with Crippen molar-refractivity contribution in [1.29, 1.82) is 0 Å². The third-order valence-electron chi connectivity index (χ3n) is 2.87. The third kappa shape index (κ3) is 2.95. The molecule has 0 aromatic carbocycles. The first-order valence-electron chi connectivity index (χ1n) is 6.21. The first kappa shape index (κ1) is 14.4. The Balaban J connectivity index is 2.63. The second-order valence-corrected chi connectivity index (χ2v) is 5.71. The smallest absolute Gasteiger partial charge is 0.180 e. The molecule has 2 heterocycles. The van der Waals surface area contributed by atoms with Crippen molar-refractivity contribution in [3.63, 3.8) is 0 Å². The number of hydrogen-bond donors (Lipinski definition) is 0. The first-order chi connectivity index (χ1) is 9.04. The average Bonchev–Trinajstić information content (AvgIpc) is 2.41. The van der Waals surface area contributed by atoms with Gasteiger partial charge in [0.25, 0.3) is 0 Å². The van der Waals surface area contributed by atoms with Crippen LogP contribution in [-0.4, -0.2) is 15.0 Å². The summed E-state index contributed by atoms with van der Waals surface area (Å²) in [4.78, 5) is 13.3. The zero-order valence-electron chi connectivity index (χ0n) is 11.1. The van der Waals surface area contributed by atoms with Crippen molar-refractivity contribution in [2.45, 2.75) is 33.1 Å². The Labute approximate surface area is 126 Å². The Bertz CT molecular complexity index is 599. The highest BCUT2D eigenvalue weighted by Crippen LogP contribution is 2.31. The van der Waals surface area contributed by atoms with E-state index in [0.717, 1.165) is 27.8 Å². The number of halogens is 2. The van der Waals surface area contributed by atoms with Crippen molar-refractivity contribution in [2.75, 3.05) is 0 Å². The van der Waals surface area contributed by atoms with Gasteiger partial charge in [0.1, 0.15) is 10.8 Å². The molecule has 0 radical (unpaired) electrons. The van der Waals surface area contributed by atoms with Gasteiger partial charge in [-0.05, 0) is 39.9 Å². The average molecular weight is 341 g/mol. The van der Waals surface area contributed by atoms with Crippen molar-refractivity contribution in [3.8, 4) is 11.5 Å². The van der Waals surface area contributed by atoms with Crippen molar-refractivity contribution in [2.24, 2.45) is 0 Å². The Hall–Kier alpha value is -1.00. The fourth-order valence-corrected chi connectivity index (χ4v) is 2.66. The monoisotopic (exact) mass is 339 g/mol. The quantitative estimate of drug-likeness (QED) is 0.764. The molecule has 0 N–H and O–H groups in total. The van der Waals surface area contributed by atoms with Crippen LogP contribution in [0.5, 0.6) is 0 Å². The minimum Gasteiger partial charge on any atom is -0.253 e. The molecule has 100 valence electrons. The van der Waals surface area contributed by atoms with Crippen LogP contribution in [0.25, 0.3) is 11.5 Å². The van der Waals surface area contributed by atoms with Gasteiger partial charge in [-0.2, -0.15) is 0 Å². The summed E-state index contributed by atoms with van der Waals surface area (Å²) in [5.41, 5.74) is 2.83. The normalized spacial score (nSPS) is 11.1. The molecule has 0 saturated heterocycles. The molecular formula is C14H15BrClN3. The molecule has 2 aromatic rings. The molecule has 5 heteroatoms. The zero-order chi connectivity index (χ0) is 14.0. The zero-order valence-corrected chi connectivity index (χ0v) is 13.5. The number of nitrogens with zero attached hydrogens (tertiary/aromatic N) is 3. The Kier molecular flexibility index (Phi) is 4.53. The van der Waals surface area contributed by atoms with Crippen LogP contribution in [-0.2, 0) is 6.42 Å². The molecule has 0 aliphatic carbocycles. The van der Waals surface area contributed by atoms with Crippen LogP contribution in [0.1, 0.15) is 37.9 Å². The molecule has 0 aliphatic rings. The van der Waals surface area contributed by atoms with E-state index in [0.29, 0.717) is 11.0 Å². The van der Waals surface area contributed by atoms with E-state index in [4.69, 9.17) is 11.6 Å². The molecule has 19 heavy (non-hydrogen) atoms. The topological polar surface area (TPSA) is 38.7 Å². The van der Waals surface area contributed by atoms with E-state index >= 15 is 0 Å². The van der Waals surface area contributed by atoms with E-state index in [1.54, 1.807) is 6.20 Å². The van der Waals surface area contributed by atoms with Gasteiger partial charge in [0.2, 0.25) is 0 Å². The first-order valence-corrected chi connectivity index (χ1v) is 7.38. The van der Waals surface area contributed by atoms with Crippen molar-refractivity contribution >= 4 is 27.5 Å². The van der Waals surface area contributed by atoms with Gasteiger partial charge in [-0.3, -0.25) is 4.98 Å². The van der Waals surface area contributed by atoms with Gasteiger partial charge in [-0.1, -0.05) is 38.4 Å². The molecule has 0 fully saturated rings. The number of hydrogen-bond acceptors (Lipinski definition) is 3. The maximum absolute atomic E-state index is 6.18. The fourth-order valence-electron chi connectivity index (χ4n) is 1.85. The second kappa shape index (κ2) is 5.97. The predicted octanol–water partition coefficient (Wildman–Crippen LogP) is 4.64. The molecule has 0 saturated carbocycles. The molecule has 0 spiro atoms. The summed E-state index contributed by atoms with van der Waals surface area (Å²) >= 11 is 9.63. The minimum atomic E-state index is 0.266. The SMILES string of the molecule is CCc1cccnc1-c1nc(Cl)c(Br)c(C(C)C)n1. The van der Waals surface area contributed by atoms with E-state index in [9.17, 15) is 0 Å². The number of aryl methyl sites for hydroxylation is 1. The van der Waals surface area contributed by atoms with Crippen LogP contribution < -0.4 is 0 Å². The Morgan fingerprint density at radius 3 is 2.68 bits per heavy atom. The minimum absolute atomic E-state index is 0.266. The summed E-state index contributed by atoms with van der Waals surface area (Å²) in [6, 6.07) is 3.96. The van der Waals surface area contributed by atoms with Gasteiger partial charge < -0.3 is 0 Å². The summed E-state index contributed by atoms with van der Waals surface area (Å²) in [6.45, 7) is 6.24. The molecule has 3 nitrogen and oxygen atoms in total. The highest BCUT2D eigenvalue weighted by molar-refractivity contribution is 9.10. The van der Waals surface area contributed by atoms with Crippen LogP contribution in [0.15, 0.2) is 22.8 Å². The molecular weight excluding hydrogens is 326 g/mol. The van der Waals surface area contributed by atoms with Crippen molar-refractivity contribution in [3.05, 3.63) is 39.2 Å².